The average Bonchev–Trinajstić information content (AvgIpc) is 2.90. The molecule has 1 heterocycles. The molecule has 0 radical (unpaired) electrons. The quantitative estimate of drug-likeness (QED) is 0.749. The van der Waals surface area contributed by atoms with Crippen molar-refractivity contribution < 1.29 is 0 Å². The van der Waals surface area contributed by atoms with Crippen molar-refractivity contribution >= 4 is 0 Å². The number of nitrogens with zero attached hydrogens (tertiary/aromatic N) is 1. The Morgan fingerprint density at radius 3 is 2.53 bits per heavy atom. The molecule has 2 fully saturated rings. The molecule has 1 saturated carbocycles. The molecule has 2 atom stereocenters. The summed E-state index contributed by atoms with van der Waals surface area (Å²) in [5.41, 5.74) is 0. The van der Waals surface area contributed by atoms with E-state index in [1.807, 2.05) is 0 Å². The van der Waals surface area contributed by atoms with Crippen molar-refractivity contribution in [3.8, 4) is 0 Å². The van der Waals surface area contributed by atoms with Gasteiger partial charge in [0.2, 0.25) is 0 Å². The maximum atomic E-state index is 3.63. The lowest BCUT2D eigenvalue weighted by Crippen LogP contribution is -2.36. The summed E-state index contributed by atoms with van der Waals surface area (Å²) in [4.78, 5) is 2.70. The van der Waals surface area contributed by atoms with E-state index in [2.05, 4.69) is 31.0 Å². The SMILES string of the molecule is CC1CNC(CCN(C(C)C)C2CC2)C1. The molecule has 1 aliphatic heterocycles. The van der Waals surface area contributed by atoms with Crippen LogP contribution in [0.5, 0.6) is 0 Å². The summed E-state index contributed by atoms with van der Waals surface area (Å²) in [5.74, 6) is 0.892. The molecule has 1 N–H and O–H groups in total. The Bertz CT molecular complexity index is 197. The highest BCUT2D eigenvalue weighted by Gasteiger charge is 2.31. The first kappa shape index (κ1) is 11.4. The van der Waals surface area contributed by atoms with Gasteiger partial charge in [-0.05, 0) is 52.0 Å². The molecule has 2 unspecified atom stereocenters. The average molecular weight is 210 g/mol. The summed E-state index contributed by atoms with van der Waals surface area (Å²) in [6.07, 6.45) is 5.61. The molecule has 1 aliphatic carbocycles. The van der Waals surface area contributed by atoms with Gasteiger partial charge in [0.25, 0.3) is 0 Å². The summed E-state index contributed by atoms with van der Waals surface area (Å²) in [6.45, 7) is 9.56. The summed E-state index contributed by atoms with van der Waals surface area (Å²) in [6, 6.07) is 2.44. The van der Waals surface area contributed by atoms with E-state index in [9.17, 15) is 0 Å². The standard InChI is InChI=1S/C13H26N2/c1-10(2)15(13-4-5-13)7-6-12-8-11(3)9-14-12/h10-14H,4-9H2,1-3H3. The minimum Gasteiger partial charge on any atom is -0.314 e. The van der Waals surface area contributed by atoms with E-state index in [-0.39, 0.29) is 0 Å². The molecule has 2 rings (SSSR count). The van der Waals surface area contributed by atoms with Crippen molar-refractivity contribution in [2.24, 2.45) is 5.92 Å². The van der Waals surface area contributed by atoms with Crippen molar-refractivity contribution in [1.82, 2.24) is 10.2 Å². The monoisotopic (exact) mass is 210 g/mol. The van der Waals surface area contributed by atoms with Crippen LogP contribution in [0.1, 0.15) is 46.5 Å². The fourth-order valence-corrected chi connectivity index (χ4v) is 2.81. The molecule has 15 heavy (non-hydrogen) atoms. The van der Waals surface area contributed by atoms with Gasteiger partial charge in [0.05, 0.1) is 0 Å². The third-order valence-corrected chi connectivity index (χ3v) is 3.86. The van der Waals surface area contributed by atoms with Crippen LogP contribution < -0.4 is 5.32 Å². The Labute approximate surface area is 94.4 Å². The van der Waals surface area contributed by atoms with Crippen LogP contribution in [0.3, 0.4) is 0 Å². The van der Waals surface area contributed by atoms with Gasteiger partial charge in [-0.25, -0.2) is 0 Å². The second-order valence-corrected chi connectivity index (χ2v) is 5.80. The number of rotatable bonds is 5. The van der Waals surface area contributed by atoms with Gasteiger partial charge in [0.15, 0.2) is 0 Å². The van der Waals surface area contributed by atoms with Crippen molar-refractivity contribution in [2.45, 2.75) is 64.6 Å². The molecule has 2 heteroatoms. The molecule has 0 bridgehead atoms. The van der Waals surface area contributed by atoms with E-state index in [4.69, 9.17) is 0 Å². The van der Waals surface area contributed by atoms with Crippen LogP contribution in [0.25, 0.3) is 0 Å². The Morgan fingerprint density at radius 1 is 1.33 bits per heavy atom. The highest BCUT2D eigenvalue weighted by atomic mass is 15.2. The van der Waals surface area contributed by atoms with Gasteiger partial charge in [0, 0.05) is 24.7 Å². The minimum absolute atomic E-state index is 0.733. The highest BCUT2D eigenvalue weighted by molar-refractivity contribution is 4.88. The van der Waals surface area contributed by atoms with Crippen LogP contribution in [0.2, 0.25) is 0 Å². The fourth-order valence-electron chi connectivity index (χ4n) is 2.81. The van der Waals surface area contributed by atoms with Gasteiger partial charge in [-0.1, -0.05) is 6.92 Å². The molecular weight excluding hydrogens is 184 g/mol. The van der Waals surface area contributed by atoms with Crippen LogP contribution in [0.4, 0.5) is 0 Å². The molecule has 2 aliphatic rings. The normalized spacial score (nSPS) is 31.8. The summed E-state index contributed by atoms with van der Waals surface area (Å²) >= 11 is 0. The van der Waals surface area contributed by atoms with Gasteiger partial charge < -0.3 is 5.32 Å². The van der Waals surface area contributed by atoms with Crippen molar-refractivity contribution in [3.63, 3.8) is 0 Å². The molecule has 0 spiro atoms. The van der Waals surface area contributed by atoms with Gasteiger partial charge in [-0.15, -0.1) is 0 Å². The second kappa shape index (κ2) is 4.84. The van der Waals surface area contributed by atoms with Crippen LogP contribution in [-0.4, -0.2) is 36.1 Å². The predicted octanol–water partition coefficient (Wildman–Crippen LogP) is 2.25. The highest BCUT2D eigenvalue weighted by Crippen LogP contribution is 2.29. The van der Waals surface area contributed by atoms with E-state index >= 15 is 0 Å². The molecule has 1 saturated heterocycles. The molecule has 0 aromatic heterocycles. The van der Waals surface area contributed by atoms with Crippen molar-refractivity contribution in [2.75, 3.05) is 13.1 Å². The lowest BCUT2D eigenvalue weighted by atomic mass is 10.1. The van der Waals surface area contributed by atoms with E-state index in [1.54, 1.807) is 0 Å². The molecule has 88 valence electrons. The van der Waals surface area contributed by atoms with Crippen LogP contribution in [-0.2, 0) is 0 Å². The first-order valence-corrected chi connectivity index (χ1v) is 6.66. The summed E-state index contributed by atoms with van der Waals surface area (Å²) in [5, 5.41) is 3.63. The maximum Gasteiger partial charge on any atom is 0.00991 e. The Balaban J connectivity index is 1.71. The van der Waals surface area contributed by atoms with Gasteiger partial charge in [-0.2, -0.15) is 0 Å². The number of nitrogens with one attached hydrogen (secondary N) is 1. The van der Waals surface area contributed by atoms with Crippen LogP contribution in [0, 0.1) is 5.92 Å². The van der Waals surface area contributed by atoms with Gasteiger partial charge >= 0.3 is 0 Å². The van der Waals surface area contributed by atoms with E-state index in [1.165, 1.54) is 38.8 Å². The first-order valence-electron chi connectivity index (χ1n) is 6.66. The number of hydrogen-bond donors (Lipinski definition) is 1. The minimum atomic E-state index is 0.733. The molecular formula is C13H26N2. The second-order valence-electron chi connectivity index (χ2n) is 5.80. The molecule has 2 nitrogen and oxygen atoms in total. The largest absolute Gasteiger partial charge is 0.314 e. The fraction of sp³-hybridized carbons (Fsp3) is 1.00. The third kappa shape index (κ3) is 3.18. The van der Waals surface area contributed by atoms with E-state index in [0.717, 1.165) is 24.0 Å². The smallest absolute Gasteiger partial charge is 0.00991 e. The predicted molar refractivity (Wildman–Crippen MR) is 65.1 cm³/mol. The first-order chi connectivity index (χ1) is 7.16. The van der Waals surface area contributed by atoms with Crippen molar-refractivity contribution in [3.05, 3.63) is 0 Å². The third-order valence-electron chi connectivity index (χ3n) is 3.86. The summed E-state index contributed by atoms with van der Waals surface area (Å²) in [7, 11) is 0. The zero-order valence-corrected chi connectivity index (χ0v) is 10.5. The zero-order valence-electron chi connectivity index (χ0n) is 10.5. The lowest BCUT2D eigenvalue weighted by Gasteiger charge is -2.27. The molecule has 0 amide bonds. The Hall–Kier alpha value is -0.0800. The molecule has 0 aromatic carbocycles. The van der Waals surface area contributed by atoms with E-state index < -0.39 is 0 Å². The topological polar surface area (TPSA) is 15.3 Å². The molecule has 0 aromatic rings. The van der Waals surface area contributed by atoms with E-state index in [0.29, 0.717) is 0 Å². The van der Waals surface area contributed by atoms with Gasteiger partial charge in [0.1, 0.15) is 0 Å². The lowest BCUT2D eigenvalue weighted by molar-refractivity contribution is 0.201. The maximum absolute atomic E-state index is 3.63. The number of hydrogen-bond acceptors (Lipinski definition) is 2. The summed E-state index contributed by atoms with van der Waals surface area (Å²) < 4.78 is 0. The zero-order chi connectivity index (χ0) is 10.8. The Kier molecular flexibility index (Phi) is 3.68. The Morgan fingerprint density at radius 2 is 2.07 bits per heavy atom. The van der Waals surface area contributed by atoms with Crippen LogP contribution >= 0.6 is 0 Å². The van der Waals surface area contributed by atoms with Gasteiger partial charge in [-0.3, -0.25) is 4.90 Å². The van der Waals surface area contributed by atoms with Crippen molar-refractivity contribution in [1.29, 1.82) is 0 Å². The van der Waals surface area contributed by atoms with Crippen LogP contribution in [0.15, 0.2) is 0 Å².